The van der Waals surface area contributed by atoms with Crippen molar-refractivity contribution in [3.8, 4) is 11.5 Å². The van der Waals surface area contributed by atoms with Crippen LogP contribution in [-0.2, 0) is 11.3 Å². The predicted octanol–water partition coefficient (Wildman–Crippen LogP) is 1.37. The molecule has 5 rings (SSSR count). The number of hydrogen-bond acceptors (Lipinski definition) is 9. The van der Waals surface area contributed by atoms with E-state index in [1.807, 2.05) is 24.3 Å². The van der Waals surface area contributed by atoms with Gasteiger partial charge in [-0.1, -0.05) is 24.3 Å². The molecule has 2 atom stereocenters. The van der Waals surface area contributed by atoms with Crippen LogP contribution < -0.4 is 22.0 Å². The van der Waals surface area contributed by atoms with Gasteiger partial charge in [-0.15, -0.1) is 0 Å². The number of hydrazone groups is 1. The fraction of sp³-hybridized carbons (Fsp3) is 0.190. The minimum absolute atomic E-state index is 0.0404. The summed E-state index contributed by atoms with van der Waals surface area (Å²) < 4.78 is 19.6. The molecule has 11 nitrogen and oxygen atoms in total. The number of hydrogen-bond donors (Lipinski definition) is 4. The first kappa shape index (κ1) is 20.7. The van der Waals surface area contributed by atoms with E-state index in [1.165, 1.54) is 12.1 Å². The number of rotatable bonds is 6. The third kappa shape index (κ3) is 4.16. The number of para-hydroxylation sites is 2. The van der Waals surface area contributed by atoms with Gasteiger partial charge in [-0.2, -0.15) is 5.10 Å². The Bertz CT molecular complexity index is 1320. The number of nitrogen functional groups attached to an aromatic ring is 1. The first-order valence-electron chi connectivity index (χ1n) is 10.2. The van der Waals surface area contributed by atoms with Crippen LogP contribution in [0.5, 0.6) is 0 Å². The van der Waals surface area contributed by atoms with Gasteiger partial charge in [0.1, 0.15) is 12.4 Å². The lowest BCUT2D eigenvalue weighted by Crippen LogP contribution is -2.26. The summed E-state index contributed by atoms with van der Waals surface area (Å²) >= 11 is 0. The maximum Gasteiger partial charge on any atom is 0.260 e. The Kier molecular flexibility index (Phi) is 5.50. The van der Waals surface area contributed by atoms with E-state index in [9.17, 15) is 9.18 Å². The molecule has 5 N–H and O–H groups in total. The maximum atomic E-state index is 13.2. The Balaban J connectivity index is 1.31. The molecule has 0 bridgehead atoms. The second-order valence-electron chi connectivity index (χ2n) is 7.54. The topological polar surface area (TPSA) is 148 Å². The molecule has 4 aromatic rings. The molecule has 1 amide bonds. The first-order chi connectivity index (χ1) is 16.1. The maximum absolute atomic E-state index is 13.2. The zero-order valence-electron chi connectivity index (χ0n) is 17.3. The normalized spacial score (nSPS) is 18.3. The molecular weight excluding hydrogens is 429 g/mol. The fourth-order valence-corrected chi connectivity index (χ4v) is 3.80. The lowest BCUT2D eigenvalue weighted by atomic mass is 9.96. The second-order valence-corrected chi connectivity index (χ2v) is 7.54. The number of amides is 1. The number of benzene rings is 2. The molecule has 0 aliphatic carbocycles. The average Bonchev–Trinajstić information content (AvgIpc) is 3.53. The zero-order chi connectivity index (χ0) is 22.8. The zero-order valence-corrected chi connectivity index (χ0v) is 17.3. The highest BCUT2D eigenvalue weighted by molar-refractivity contribution is 5.85. The van der Waals surface area contributed by atoms with Crippen LogP contribution >= 0.6 is 0 Å². The highest BCUT2D eigenvalue weighted by atomic mass is 19.1. The number of fused-ring (bicyclic) bond motifs is 1. The minimum atomic E-state index is -0.358. The van der Waals surface area contributed by atoms with Crippen molar-refractivity contribution in [3.05, 3.63) is 59.9 Å². The Morgan fingerprint density at radius 2 is 2.09 bits per heavy atom. The van der Waals surface area contributed by atoms with Gasteiger partial charge < -0.3 is 10.3 Å². The van der Waals surface area contributed by atoms with Gasteiger partial charge in [-0.25, -0.2) is 24.9 Å². The number of carbonyl (C=O) groups excluding carboxylic acids is 1. The minimum Gasteiger partial charge on any atom is -0.379 e. The van der Waals surface area contributed by atoms with Crippen LogP contribution in [0.25, 0.3) is 22.6 Å². The number of nitrogens with two attached hydrogens (primary N) is 1. The third-order valence-corrected chi connectivity index (χ3v) is 5.39. The molecule has 0 radical (unpaired) electrons. The standard InChI is InChI=1S/C21H20FN9O2/c22-14-7-5-12(6-8-14)18-13(10-25-28-18)9-24-27-17(32)11-31-16-4-2-1-3-15(16)26-21(31)19-20(23)30-33-29-19/h1-9,13,18,25,28H,10-11H2,(H2,23,30)(H,27,32)/b24-9+. The van der Waals surface area contributed by atoms with E-state index in [-0.39, 0.29) is 41.7 Å². The van der Waals surface area contributed by atoms with Crippen molar-refractivity contribution in [2.24, 2.45) is 11.0 Å². The molecule has 3 heterocycles. The van der Waals surface area contributed by atoms with E-state index in [0.29, 0.717) is 17.9 Å². The van der Waals surface area contributed by atoms with Crippen molar-refractivity contribution < 1.29 is 13.8 Å². The summed E-state index contributed by atoms with van der Waals surface area (Å²) in [6, 6.07) is 13.5. The lowest BCUT2D eigenvalue weighted by molar-refractivity contribution is -0.121. The number of nitrogens with one attached hydrogen (secondary N) is 3. The van der Waals surface area contributed by atoms with Crippen molar-refractivity contribution in [2.45, 2.75) is 12.6 Å². The largest absolute Gasteiger partial charge is 0.379 e. The Morgan fingerprint density at radius 1 is 1.27 bits per heavy atom. The fourth-order valence-electron chi connectivity index (χ4n) is 3.80. The van der Waals surface area contributed by atoms with Crippen LogP contribution in [0.15, 0.2) is 58.3 Å². The van der Waals surface area contributed by atoms with E-state index < -0.39 is 0 Å². The van der Waals surface area contributed by atoms with Crippen LogP contribution in [-0.4, -0.2) is 38.5 Å². The van der Waals surface area contributed by atoms with Crippen LogP contribution in [0.2, 0.25) is 0 Å². The van der Waals surface area contributed by atoms with Crippen molar-refractivity contribution in [1.29, 1.82) is 0 Å². The third-order valence-electron chi connectivity index (χ3n) is 5.39. The smallest absolute Gasteiger partial charge is 0.260 e. The molecule has 1 saturated heterocycles. The Morgan fingerprint density at radius 3 is 2.88 bits per heavy atom. The first-order valence-corrected chi connectivity index (χ1v) is 10.2. The summed E-state index contributed by atoms with van der Waals surface area (Å²) in [6.07, 6.45) is 1.66. The van der Waals surface area contributed by atoms with Crippen molar-refractivity contribution in [3.63, 3.8) is 0 Å². The van der Waals surface area contributed by atoms with E-state index in [4.69, 9.17) is 10.4 Å². The van der Waals surface area contributed by atoms with Gasteiger partial charge >= 0.3 is 0 Å². The number of carbonyl (C=O) groups is 1. The van der Waals surface area contributed by atoms with Crippen molar-refractivity contribution in [2.75, 3.05) is 12.3 Å². The summed E-state index contributed by atoms with van der Waals surface area (Å²) in [6.45, 7) is 0.540. The molecule has 0 saturated carbocycles. The molecule has 2 unspecified atom stereocenters. The van der Waals surface area contributed by atoms with Gasteiger partial charge in [-0.05, 0) is 40.1 Å². The number of halogens is 1. The van der Waals surface area contributed by atoms with Crippen molar-refractivity contribution in [1.82, 2.24) is 36.1 Å². The molecule has 2 aromatic carbocycles. The summed E-state index contributed by atoms with van der Waals surface area (Å²) in [7, 11) is 0. The molecule has 12 heteroatoms. The molecule has 1 fully saturated rings. The summed E-state index contributed by atoms with van der Waals surface area (Å²) in [4.78, 5) is 17.2. The molecule has 168 valence electrons. The number of aromatic nitrogens is 4. The van der Waals surface area contributed by atoms with Gasteiger partial charge in [0, 0.05) is 18.7 Å². The van der Waals surface area contributed by atoms with E-state index in [2.05, 4.69) is 36.7 Å². The molecule has 33 heavy (non-hydrogen) atoms. The average molecular weight is 449 g/mol. The lowest BCUT2D eigenvalue weighted by Gasteiger charge is -2.15. The SMILES string of the molecule is Nc1nonc1-c1nc2ccccc2n1CC(=O)N/N=C/C1CNNC1c1ccc(F)cc1. The van der Waals surface area contributed by atoms with Crippen LogP contribution in [0.1, 0.15) is 11.6 Å². The number of anilines is 1. The number of hydrazine groups is 1. The quantitative estimate of drug-likeness (QED) is 0.255. The molecular formula is C21H20FN9O2. The van der Waals surface area contributed by atoms with Crippen LogP contribution in [0.4, 0.5) is 10.2 Å². The van der Waals surface area contributed by atoms with Gasteiger partial charge in [0.05, 0.1) is 17.1 Å². The van der Waals surface area contributed by atoms with E-state index >= 15 is 0 Å². The van der Waals surface area contributed by atoms with E-state index in [0.717, 1.165) is 11.1 Å². The Labute approximate surface area is 186 Å². The predicted molar refractivity (Wildman–Crippen MR) is 118 cm³/mol. The van der Waals surface area contributed by atoms with Gasteiger partial charge in [0.2, 0.25) is 0 Å². The number of imidazole rings is 1. The monoisotopic (exact) mass is 449 g/mol. The van der Waals surface area contributed by atoms with Gasteiger partial charge in [0.15, 0.2) is 17.3 Å². The number of nitrogens with zero attached hydrogens (tertiary/aromatic N) is 5. The van der Waals surface area contributed by atoms with Crippen molar-refractivity contribution >= 4 is 29.0 Å². The summed E-state index contributed by atoms with van der Waals surface area (Å²) in [5, 5.41) is 11.5. The molecule has 1 aliphatic heterocycles. The van der Waals surface area contributed by atoms with E-state index in [1.54, 1.807) is 22.9 Å². The van der Waals surface area contributed by atoms with Gasteiger partial charge in [-0.3, -0.25) is 10.2 Å². The highest BCUT2D eigenvalue weighted by Gasteiger charge is 2.27. The van der Waals surface area contributed by atoms with Crippen LogP contribution in [0.3, 0.4) is 0 Å². The highest BCUT2D eigenvalue weighted by Crippen LogP contribution is 2.26. The molecule has 0 spiro atoms. The molecule has 1 aliphatic rings. The summed E-state index contributed by atoms with van der Waals surface area (Å²) in [5.74, 6) is -0.242. The van der Waals surface area contributed by atoms with Crippen LogP contribution in [0, 0.1) is 11.7 Å². The second kappa shape index (κ2) is 8.76. The molecule has 2 aromatic heterocycles. The Hall–Kier alpha value is -4.16. The van der Waals surface area contributed by atoms with Gasteiger partial charge in [0.25, 0.3) is 5.91 Å². The summed E-state index contributed by atoms with van der Waals surface area (Å²) in [5.41, 5.74) is 17.2.